The summed E-state index contributed by atoms with van der Waals surface area (Å²) in [6.07, 6.45) is 2.76. The van der Waals surface area contributed by atoms with Crippen LogP contribution in [0.4, 0.5) is 4.39 Å². The maximum absolute atomic E-state index is 13.7. The van der Waals surface area contributed by atoms with E-state index in [2.05, 4.69) is 17.2 Å². The van der Waals surface area contributed by atoms with Crippen LogP contribution in [-0.2, 0) is 6.54 Å². The van der Waals surface area contributed by atoms with Gasteiger partial charge in [0.05, 0.1) is 9.90 Å². The minimum atomic E-state index is -0.306. The van der Waals surface area contributed by atoms with E-state index in [1.165, 1.54) is 17.4 Å². The van der Waals surface area contributed by atoms with Gasteiger partial charge in [0.2, 0.25) is 0 Å². The third kappa shape index (κ3) is 3.07. The fourth-order valence-electron chi connectivity index (χ4n) is 1.61. The molecule has 2 rings (SSSR count). The van der Waals surface area contributed by atoms with Crippen molar-refractivity contribution in [2.24, 2.45) is 0 Å². The number of hydrogen-bond acceptors (Lipinski definition) is 3. The van der Waals surface area contributed by atoms with Gasteiger partial charge in [-0.25, -0.2) is 9.37 Å². The Bertz CT molecular complexity index is 507. The molecule has 0 unspecified atom stereocenters. The van der Waals surface area contributed by atoms with Crippen LogP contribution < -0.4 is 5.32 Å². The molecule has 0 radical (unpaired) electrons. The highest BCUT2D eigenvalue weighted by Gasteiger charge is 2.12. The number of halogens is 2. The van der Waals surface area contributed by atoms with Crippen LogP contribution in [0.3, 0.4) is 0 Å². The smallest absolute Gasteiger partial charge is 0.133 e. The SMILES string of the molecule is CCCNCc1ncc(-c2c(F)cccc2Cl)s1. The van der Waals surface area contributed by atoms with Gasteiger partial charge in [0.15, 0.2) is 0 Å². The lowest BCUT2D eigenvalue weighted by molar-refractivity contribution is 0.632. The summed E-state index contributed by atoms with van der Waals surface area (Å²) in [5, 5.41) is 4.63. The van der Waals surface area contributed by atoms with Crippen LogP contribution in [0.25, 0.3) is 10.4 Å². The molecule has 0 spiro atoms. The first-order valence-electron chi connectivity index (χ1n) is 5.82. The van der Waals surface area contributed by atoms with Crippen molar-refractivity contribution in [3.63, 3.8) is 0 Å². The highest BCUT2D eigenvalue weighted by Crippen LogP contribution is 2.34. The molecule has 2 nitrogen and oxygen atoms in total. The summed E-state index contributed by atoms with van der Waals surface area (Å²) < 4.78 is 13.7. The summed E-state index contributed by atoms with van der Waals surface area (Å²) >= 11 is 7.49. The summed E-state index contributed by atoms with van der Waals surface area (Å²) in [5.41, 5.74) is 0.443. The normalized spacial score (nSPS) is 10.8. The summed E-state index contributed by atoms with van der Waals surface area (Å²) in [6.45, 7) is 3.78. The average molecular weight is 285 g/mol. The monoisotopic (exact) mass is 284 g/mol. The van der Waals surface area contributed by atoms with E-state index in [9.17, 15) is 4.39 Å². The molecule has 0 fully saturated rings. The summed E-state index contributed by atoms with van der Waals surface area (Å²) in [7, 11) is 0. The van der Waals surface area contributed by atoms with E-state index in [1.807, 2.05) is 0 Å². The Hall–Kier alpha value is -0.970. The molecule has 0 amide bonds. The van der Waals surface area contributed by atoms with E-state index < -0.39 is 0 Å². The van der Waals surface area contributed by atoms with Crippen LogP contribution >= 0.6 is 22.9 Å². The Balaban J connectivity index is 2.19. The quantitative estimate of drug-likeness (QED) is 0.836. The second-order valence-corrected chi connectivity index (χ2v) is 5.41. The molecule has 0 aliphatic heterocycles. The number of thiazole rings is 1. The Morgan fingerprint density at radius 1 is 1.44 bits per heavy atom. The zero-order valence-corrected chi connectivity index (χ0v) is 11.6. The van der Waals surface area contributed by atoms with Crippen molar-refractivity contribution < 1.29 is 4.39 Å². The van der Waals surface area contributed by atoms with Crippen LogP contribution in [0.5, 0.6) is 0 Å². The zero-order chi connectivity index (χ0) is 13.0. The van der Waals surface area contributed by atoms with Crippen molar-refractivity contribution in [1.82, 2.24) is 10.3 Å². The largest absolute Gasteiger partial charge is 0.310 e. The van der Waals surface area contributed by atoms with Crippen molar-refractivity contribution in [3.05, 3.63) is 40.2 Å². The standard InChI is InChI=1S/C13H14ClFN2S/c1-2-6-16-8-12-17-7-11(18-12)13-9(14)4-3-5-10(13)15/h3-5,7,16H,2,6,8H2,1H3. The predicted molar refractivity (Wildman–Crippen MR) is 74.5 cm³/mol. The van der Waals surface area contributed by atoms with Gasteiger partial charge < -0.3 is 5.32 Å². The lowest BCUT2D eigenvalue weighted by Crippen LogP contribution is -2.13. The third-order valence-corrected chi connectivity index (χ3v) is 3.80. The van der Waals surface area contributed by atoms with Crippen molar-refractivity contribution >= 4 is 22.9 Å². The van der Waals surface area contributed by atoms with E-state index in [1.54, 1.807) is 18.3 Å². The molecule has 0 aliphatic rings. The van der Waals surface area contributed by atoms with E-state index >= 15 is 0 Å². The highest BCUT2D eigenvalue weighted by molar-refractivity contribution is 7.15. The average Bonchev–Trinajstić information content (AvgIpc) is 2.78. The first kappa shape index (κ1) is 13.5. The Kier molecular flexibility index (Phi) is 4.69. The molecule has 0 aliphatic carbocycles. The number of benzene rings is 1. The van der Waals surface area contributed by atoms with Crippen molar-refractivity contribution in [2.45, 2.75) is 19.9 Å². The predicted octanol–water partition coefficient (Wildman–Crippen LogP) is 4.10. The molecule has 0 atom stereocenters. The first-order valence-corrected chi connectivity index (χ1v) is 7.01. The molecule has 1 aromatic heterocycles. The number of rotatable bonds is 5. The fourth-order valence-corrected chi connectivity index (χ4v) is 2.88. The van der Waals surface area contributed by atoms with Gasteiger partial charge in [-0.2, -0.15) is 0 Å². The topological polar surface area (TPSA) is 24.9 Å². The van der Waals surface area contributed by atoms with Crippen LogP contribution in [-0.4, -0.2) is 11.5 Å². The second kappa shape index (κ2) is 6.27. The lowest BCUT2D eigenvalue weighted by Gasteiger charge is -2.01. The highest BCUT2D eigenvalue weighted by atomic mass is 35.5. The van der Waals surface area contributed by atoms with Crippen LogP contribution in [0, 0.1) is 5.82 Å². The third-order valence-electron chi connectivity index (χ3n) is 2.47. The van der Waals surface area contributed by atoms with Crippen molar-refractivity contribution in [3.8, 4) is 10.4 Å². The maximum atomic E-state index is 13.7. The first-order chi connectivity index (χ1) is 8.72. The van der Waals surface area contributed by atoms with Gasteiger partial charge in [-0.05, 0) is 25.1 Å². The van der Waals surface area contributed by atoms with E-state index in [-0.39, 0.29) is 5.82 Å². The van der Waals surface area contributed by atoms with Crippen LogP contribution in [0.2, 0.25) is 5.02 Å². The molecular weight excluding hydrogens is 271 g/mol. The molecule has 0 saturated heterocycles. The lowest BCUT2D eigenvalue weighted by atomic mass is 10.2. The van der Waals surface area contributed by atoms with Gasteiger partial charge >= 0.3 is 0 Å². The molecule has 1 N–H and O–H groups in total. The minimum absolute atomic E-state index is 0.306. The molecule has 5 heteroatoms. The molecule has 18 heavy (non-hydrogen) atoms. The van der Waals surface area contributed by atoms with E-state index in [4.69, 9.17) is 11.6 Å². The van der Waals surface area contributed by atoms with Crippen molar-refractivity contribution in [1.29, 1.82) is 0 Å². The van der Waals surface area contributed by atoms with Gasteiger partial charge in [-0.15, -0.1) is 11.3 Å². The summed E-state index contributed by atoms with van der Waals surface area (Å²) in [5.74, 6) is -0.306. The Morgan fingerprint density at radius 2 is 2.28 bits per heavy atom. The maximum Gasteiger partial charge on any atom is 0.133 e. The van der Waals surface area contributed by atoms with Gasteiger partial charge in [0.1, 0.15) is 10.8 Å². The Morgan fingerprint density at radius 3 is 3.00 bits per heavy atom. The number of nitrogens with zero attached hydrogens (tertiary/aromatic N) is 1. The molecule has 1 heterocycles. The van der Waals surface area contributed by atoms with Crippen LogP contribution in [0.1, 0.15) is 18.4 Å². The van der Waals surface area contributed by atoms with Gasteiger partial charge in [0.25, 0.3) is 0 Å². The van der Waals surface area contributed by atoms with Crippen molar-refractivity contribution in [2.75, 3.05) is 6.54 Å². The van der Waals surface area contributed by atoms with E-state index in [0.29, 0.717) is 17.1 Å². The number of aromatic nitrogens is 1. The zero-order valence-electron chi connectivity index (χ0n) is 10.0. The van der Waals surface area contributed by atoms with E-state index in [0.717, 1.165) is 22.9 Å². The summed E-state index contributed by atoms with van der Waals surface area (Å²) in [6, 6.07) is 4.70. The molecule has 0 saturated carbocycles. The molecule has 2 aromatic rings. The second-order valence-electron chi connectivity index (χ2n) is 3.89. The fraction of sp³-hybridized carbons (Fsp3) is 0.308. The molecule has 96 valence electrons. The summed E-state index contributed by atoms with van der Waals surface area (Å²) in [4.78, 5) is 5.05. The van der Waals surface area contributed by atoms with Crippen LogP contribution in [0.15, 0.2) is 24.4 Å². The van der Waals surface area contributed by atoms with Gasteiger partial charge in [-0.3, -0.25) is 0 Å². The minimum Gasteiger partial charge on any atom is -0.310 e. The van der Waals surface area contributed by atoms with Gasteiger partial charge in [0, 0.05) is 18.3 Å². The Labute approximate surface area is 115 Å². The number of hydrogen-bond donors (Lipinski definition) is 1. The molecule has 1 aromatic carbocycles. The molecule has 0 bridgehead atoms. The van der Waals surface area contributed by atoms with Gasteiger partial charge in [-0.1, -0.05) is 24.6 Å². The molecular formula is C13H14ClFN2S. The number of nitrogens with one attached hydrogen (secondary N) is 1.